The van der Waals surface area contributed by atoms with Gasteiger partial charge in [-0.15, -0.1) is 0 Å². The Hall–Kier alpha value is -0.480. The lowest BCUT2D eigenvalue weighted by Crippen LogP contribution is -2.52. The molecule has 12 N–H and O–H groups in total. The molecule has 0 aromatic heterocycles. The van der Waals surface area contributed by atoms with E-state index in [-0.39, 0.29) is 36.9 Å². The summed E-state index contributed by atoms with van der Waals surface area (Å²) in [5.74, 6) is -0.822. The Labute approximate surface area is 256 Å². The van der Waals surface area contributed by atoms with E-state index in [1.54, 1.807) is 0 Å². The van der Waals surface area contributed by atoms with Crippen LogP contribution in [0.2, 0.25) is 0 Å². The molecule has 258 valence electrons. The van der Waals surface area contributed by atoms with Crippen LogP contribution in [0.3, 0.4) is 0 Å². The van der Waals surface area contributed by atoms with Crippen molar-refractivity contribution >= 4 is 0 Å². The topological polar surface area (TPSA) is 243 Å². The molecule has 0 bridgehead atoms. The molecule has 43 heavy (non-hydrogen) atoms. The number of unbranched alkanes of at least 4 members (excludes halogenated alkanes) is 1. The van der Waals surface area contributed by atoms with Crippen molar-refractivity contribution in [2.75, 3.05) is 13.2 Å². The molecule has 3 aliphatic carbocycles. The van der Waals surface area contributed by atoms with Gasteiger partial charge in [0.05, 0.1) is 42.7 Å². The van der Waals surface area contributed by atoms with Crippen LogP contribution in [0.4, 0.5) is 0 Å². The molecule has 12 nitrogen and oxygen atoms in total. The second-order valence-corrected chi connectivity index (χ2v) is 12.9. The van der Waals surface area contributed by atoms with E-state index in [1.807, 2.05) is 13.8 Å². The Balaban J connectivity index is 0.000000324. The van der Waals surface area contributed by atoms with Crippen molar-refractivity contribution in [3.63, 3.8) is 0 Å². The first-order valence-electron chi connectivity index (χ1n) is 16.3. The summed E-state index contributed by atoms with van der Waals surface area (Å²) in [4.78, 5) is 0. The fourth-order valence-corrected chi connectivity index (χ4v) is 6.65. The van der Waals surface area contributed by atoms with Crippen molar-refractivity contribution in [1.29, 1.82) is 0 Å². The van der Waals surface area contributed by atoms with Crippen molar-refractivity contribution < 1.29 is 61.3 Å². The van der Waals surface area contributed by atoms with E-state index < -0.39 is 67.0 Å². The predicted molar refractivity (Wildman–Crippen MR) is 159 cm³/mol. The Bertz CT molecular complexity index is 708. The van der Waals surface area contributed by atoms with E-state index in [2.05, 4.69) is 6.92 Å². The molecular formula is C31H62O12. The van der Waals surface area contributed by atoms with Crippen molar-refractivity contribution in [3.05, 3.63) is 0 Å². The van der Waals surface area contributed by atoms with Crippen LogP contribution in [0.1, 0.15) is 91.4 Å². The third kappa shape index (κ3) is 12.0. The molecule has 0 aromatic rings. The lowest BCUT2D eigenvalue weighted by molar-refractivity contribution is -0.147. The molecule has 3 saturated carbocycles. The molecule has 0 spiro atoms. The summed E-state index contributed by atoms with van der Waals surface area (Å²) in [5, 5.41) is 114. The van der Waals surface area contributed by atoms with E-state index in [1.165, 1.54) is 0 Å². The standard InChI is InChI=1S/C11H22O5.C10H20O4.C10H20O3/c1-2-8(13)4-6-3-7(5-12)10(15)11(16)9(6)14;1-2-3-6-4-7(5-11)9(13)10(14)8(6)12;1-2-3-4-7-5-6-8(11)10(13)9(7)12/h6-16H,2-5H2,1H3;6-14H,2-5H2,1H3;7-13H,2-6H2,1H3/t6-,7+,8?,9+,10-,11-;6-,7-,8-,9+,10+;7-,8-,9-,10-/m100/s1. The lowest BCUT2D eigenvalue weighted by Gasteiger charge is -2.40. The molecule has 3 fully saturated rings. The summed E-state index contributed by atoms with van der Waals surface area (Å²) in [6.45, 7) is 5.61. The smallest absolute Gasteiger partial charge is 0.106 e. The van der Waals surface area contributed by atoms with Gasteiger partial charge in [-0.1, -0.05) is 40.0 Å². The van der Waals surface area contributed by atoms with Gasteiger partial charge in [0.2, 0.25) is 0 Å². The van der Waals surface area contributed by atoms with Crippen LogP contribution in [0.15, 0.2) is 0 Å². The monoisotopic (exact) mass is 626 g/mol. The molecule has 3 rings (SSSR count). The maximum absolute atomic E-state index is 9.76. The number of hydrogen-bond donors (Lipinski definition) is 12. The van der Waals surface area contributed by atoms with Gasteiger partial charge < -0.3 is 61.3 Å². The highest BCUT2D eigenvalue weighted by molar-refractivity contribution is 4.93. The van der Waals surface area contributed by atoms with E-state index in [0.29, 0.717) is 32.1 Å². The highest BCUT2D eigenvalue weighted by Gasteiger charge is 2.43. The molecule has 0 radical (unpaired) electrons. The minimum absolute atomic E-state index is 0.00412. The first kappa shape index (κ1) is 40.5. The summed E-state index contributed by atoms with van der Waals surface area (Å²) in [6.07, 6.45) is -0.868. The quantitative estimate of drug-likeness (QED) is 0.140. The molecule has 0 aromatic carbocycles. The van der Waals surface area contributed by atoms with Crippen LogP contribution in [0.25, 0.3) is 0 Å². The van der Waals surface area contributed by atoms with Crippen molar-refractivity contribution in [2.24, 2.45) is 29.6 Å². The van der Waals surface area contributed by atoms with Crippen LogP contribution in [0.5, 0.6) is 0 Å². The summed E-state index contributed by atoms with van der Waals surface area (Å²) < 4.78 is 0. The number of aliphatic hydroxyl groups is 12. The first-order chi connectivity index (χ1) is 20.3. The largest absolute Gasteiger partial charge is 0.396 e. The van der Waals surface area contributed by atoms with Crippen LogP contribution >= 0.6 is 0 Å². The molecule has 0 aliphatic heterocycles. The van der Waals surface area contributed by atoms with Gasteiger partial charge in [0.25, 0.3) is 0 Å². The number of hydrogen-bond acceptors (Lipinski definition) is 12. The zero-order valence-electron chi connectivity index (χ0n) is 26.2. The van der Waals surface area contributed by atoms with Gasteiger partial charge in [0, 0.05) is 25.0 Å². The summed E-state index contributed by atoms with van der Waals surface area (Å²) >= 11 is 0. The van der Waals surface area contributed by atoms with Gasteiger partial charge in [-0.3, -0.25) is 0 Å². The molecule has 12 heteroatoms. The Kier molecular flexibility index (Phi) is 19.4. The van der Waals surface area contributed by atoms with Gasteiger partial charge in [-0.2, -0.15) is 0 Å². The molecule has 0 heterocycles. The van der Waals surface area contributed by atoms with Crippen LogP contribution in [-0.4, -0.2) is 136 Å². The fraction of sp³-hybridized carbons (Fsp3) is 1.00. The maximum Gasteiger partial charge on any atom is 0.106 e. The molecule has 15 atom stereocenters. The summed E-state index contributed by atoms with van der Waals surface area (Å²) in [7, 11) is 0. The number of aliphatic hydroxyl groups excluding tert-OH is 12. The normalized spacial score (nSPS) is 42.2. The number of rotatable bonds is 10. The van der Waals surface area contributed by atoms with Gasteiger partial charge in [0.15, 0.2) is 0 Å². The zero-order chi connectivity index (χ0) is 32.9. The molecule has 3 aliphatic rings. The minimum atomic E-state index is -1.24. The predicted octanol–water partition coefficient (Wildman–Crippen LogP) is -0.975. The second kappa shape index (κ2) is 20.6. The van der Waals surface area contributed by atoms with Crippen LogP contribution < -0.4 is 0 Å². The van der Waals surface area contributed by atoms with E-state index in [4.69, 9.17) is 10.2 Å². The lowest BCUT2D eigenvalue weighted by atomic mass is 9.74. The van der Waals surface area contributed by atoms with Gasteiger partial charge >= 0.3 is 0 Å². The molecule has 0 amide bonds. The third-order valence-corrected chi connectivity index (χ3v) is 9.71. The highest BCUT2D eigenvalue weighted by atomic mass is 16.4. The van der Waals surface area contributed by atoms with Gasteiger partial charge in [-0.05, 0) is 69.1 Å². The zero-order valence-corrected chi connectivity index (χ0v) is 26.2. The Morgan fingerprint density at radius 2 is 0.977 bits per heavy atom. The summed E-state index contributed by atoms with van der Waals surface area (Å²) in [5.41, 5.74) is 0. The summed E-state index contributed by atoms with van der Waals surface area (Å²) in [6, 6.07) is 0. The SMILES string of the molecule is CCC(O)C[C@H]1C[C@@H](CO)[C@@H](O)[C@H](O)[C@H]1O.CCCC[C@H]1CC[C@H](O)[C@H](O)[C@H]1O.CCC[C@H]1C[C@@H](CO)[C@@H](O)[C@H](O)[C@H]1O. The molecular weight excluding hydrogens is 564 g/mol. The second-order valence-electron chi connectivity index (χ2n) is 12.9. The van der Waals surface area contributed by atoms with E-state index >= 15 is 0 Å². The fourth-order valence-electron chi connectivity index (χ4n) is 6.65. The highest BCUT2D eigenvalue weighted by Crippen LogP contribution is 2.34. The molecule has 0 saturated heterocycles. The minimum Gasteiger partial charge on any atom is -0.396 e. The Morgan fingerprint density at radius 3 is 1.44 bits per heavy atom. The maximum atomic E-state index is 9.76. The Morgan fingerprint density at radius 1 is 0.512 bits per heavy atom. The van der Waals surface area contributed by atoms with E-state index in [0.717, 1.165) is 38.5 Å². The average Bonchev–Trinajstić information content (AvgIpc) is 3.00. The average molecular weight is 627 g/mol. The van der Waals surface area contributed by atoms with Crippen LogP contribution in [0, 0.1) is 29.6 Å². The third-order valence-electron chi connectivity index (χ3n) is 9.71. The van der Waals surface area contributed by atoms with Crippen molar-refractivity contribution in [2.45, 2.75) is 152 Å². The van der Waals surface area contributed by atoms with Crippen LogP contribution in [-0.2, 0) is 0 Å². The first-order valence-corrected chi connectivity index (χ1v) is 16.3. The van der Waals surface area contributed by atoms with Gasteiger partial charge in [-0.25, -0.2) is 0 Å². The van der Waals surface area contributed by atoms with E-state index in [9.17, 15) is 51.1 Å². The molecule has 1 unspecified atom stereocenters. The van der Waals surface area contributed by atoms with Gasteiger partial charge in [0.1, 0.15) is 18.3 Å². The van der Waals surface area contributed by atoms with Crippen molar-refractivity contribution in [3.8, 4) is 0 Å². The van der Waals surface area contributed by atoms with Crippen molar-refractivity contribution in [1.82, 2.24) is 0 Å².